The predicted molar refractivity (Wildman–Crippen MR) is 71.3 cm³/mol. The third-order valence-electron chi connectivity index (χ3n) is 4.50. The molecule has 2 aliphatic rings. The van der Waals surface area contributed by atoms with Gasteiger partial charge in [-0.3, -0.25) is 4.90 Å². The number of hydrogen-bond acceptors (Lipinski definition) is 3. The third kappa shape index (κ3) is 3.67. The first-order chi connectivity index (χ1) is 8.29. The zero-order chi connectivity index (χ0) is 12.1. The molecule has 0 aromatic carbocycles. The molecule has 2 rings (SSSR count). The highest BCUT2D eigenvalue weighted by Gasteiger charge is 2.37. The van der Waals surface area contributed by atoms with E-state index in [4.69, 9.17) is 4.74 Å². The van der Waals surface area contributed by atoms with Crippen LogP contribution in [0.2, 0.25) is 0 Å². The Hall–Kier alpha value is -0.120. The minimum Gasteiger partial charge on any atom is -0.383 e. The van der Waals surface area contributed by atoms with Gasteiger partial charge < -0.3 is 10.1 Å². The standard InChI is InChI=1S/C14H28N2O/c1-3-14(7-4-8-15-11-14)12-16(9-10-17-2)13-5-6-13/h13,15H,3-12H2,1-2H3. The van der Waals surface area contributed by atoms with Crippen LogP contribution >= 0.6 is 0 Å². The van der Waals surface area contributed by atoms with Crippen LogP contribution in [0.25, 0.3) is 0 Å². The van der Waals surface area contributed by atoms with E-state index >= 15 is 0 Å². The van der Waals surface area contributed by atoms with E-state index in [-0.39, 0.29) is 0 Å². The summed E-state index contributed by atoms with van der Waals surface area (Å²) in [5, 5.41) is 3.59. The summed E-state index contributed by atoms with van der Waals surface area (Å²) in [5.41, 5.74) is 0.522. The zero-order valence-corrected chi connectivity index (χ0v) is 11.5. The van der Waals surface area contributed by atoms with Gasteiger partial charge in [-0.1, -0.05) is 6.92 Å². The summed E-state index contributed by atoms with van der Waals surface area (Å²) in [7, 11) is 1.81. The van der Waals surface area contributed by atoms with Gasteiger partial charge in [0, 0.05) is 32.8 Å². The highest BCUT2D eigenvalue weighted by atomic mass is 16.5. The van der Waals surface area contributed by atoms with E-state index in [1.165, 1.54) is 51.7 Å². The van der Waals surface area contributed by atoms with Gasteiger partial charge >= 0.3 is 0 Å². The summed E-state index contributed by atoms with van der Waals surface area (Å²) < 4.78 is 5.25. The highest BCUT2D eigenvalue weighted by Crippen LogP contribution is 2.35. The lowest BCUT2D eigenvalue weighted by atomic mass is 9.78. The lowest BCUT2D eigenvalue weighted by Crippen LogP contribution is -2.48. The molecule has 0 spiro atoms. The van der Waals surface area contributed by atoms with E-state index in [0.29, 0.717) is 5.41 Å². The van der Waals surface area contributed by atoms with Gasteiger partial charge in [0.1, 0.15) is 0 Å². The van der Waals surface area contributed by atoms with Crippen molar-refractivity contribution in [3.63, 3.8) is 0 Å². The first kappa shape index (κ1) is 13.3. The average Bonchev–Trinajstić information content (AvgIpc) is 3.20. The molecule has 1 saturated heterocycles. The van der Waals surface area contributed by atoms with Crippen LogP contribution in [-0.2, 0) is 4.74 Å². The molecule has 1 unspecified atom stereocenters. The maximum Gasteiger partial charge on any atom is 0.0589 e. The Kier molecular flexibility index (Phi) is 4.83. The monoisotopic (exact) mass is 240 g/mol. The van der Waals surface area contributed by atoms with Crippen LogP contribution in [0.3, 0.4) is 0 Å². The number of nitrogens with one attached hydrogen (secondary N) is 1. The second kappa shape index (κ2) is 6.17. The van der Waals surface area contributed by atoms with E-state index < -0.39 is 0 Å². The molecule has 0 amide bonds. The minimum atomic E-state index is 0.522. The Labute approximate surface area is 106 Å². The van der Waals surface area contributed by atoms with Crippen LogP contribution in [0.4, 0.5) is 0 Å². The normalized spacial score (nSPS) is 29.8. The molecular weight excluding hydrogens is 212 g/mol. The summed E-state index contributed by atoms with van der Waals surface area (Å²) in [6.07, 6.45) is 6.84. The van der Waals surface area contributed by atoms with Gasteiger partial charge in [0.05, 0.1) is 6.61 Å². The highest BCUT2D eigenvalue weighted by molar-refractivity contribution is 4.92. The van der Waals surface area contributed by atoms with Crippen molar-refractivity contribution in [1.29, 1.82) is 0 Å². The summed E-state index contributed by atoms with van der Waals surface area (Å²) in [5.74, 6) is 0. The molecule has 1 heterocycles. The fraction of sp³-hybridized carbons (Fsp3) is 1.00. The first-order valence-corrected chi connectivity index (χ1v) is 7.23. The summed E-state index contributed by atoms with van der Waals surface area (Å²) in [4.78, 5) is 2.68. The topological polar surface area (TPSA) is 24.5 Å². The molecule has 3 heteroatoms. The first-order valence-electron chi connectivity index (χ1n) is 7.23. The van der Waals surface area contributed by atoms with Crippen molar-refractivity contribution in [2.75, 3.05) is 39.9 Å². The Bertz CT molecular complexity index is 222. The van der Waals surface area contributed by atoms with Crippen molar-refractivity contribution >= 4 is 0 Å². The SMILES string of the molecule is CCC1(CN(CCOC)C2CC2)CCCNC1. The molecule has 1 aliphatic carbocycles. The smallest absolute Gasteiger partial charge is 0.0589 e. The van der Waals surface area contributed by atoms with Crippen molar-refractivity contribution in [2.45, 2.75) is 45.1 Å². The Morgan fingerprint density at radius 2 is 2.24 bits per heavy atom. The van der Waals surface area contributed by atoms with Crippen molar-refractivity contribution in [3.05, 3.63) is 0 Å². The van der Waals surface area contributed by atoms with E-state index in [0.717, 1.165) is 19.2 Å². The number of piperidine rings is 1. The number of hydrogen-bond donors (Lipinski definition) is 1. The van der Waals surface area contributed by atoms with Crippen molar-refractivity contribution in [3.8, 4) is 0 Å². The quantitative estimate of drug-likeness (QED) is 0.735. The zero-order valence-electron chi connectivity index (χ0n) is 11.5. The molecule has 0 bridgehead atoms. The fourth-order valence-corrected chi connectivity index (χ4v) is 3.05. The van der Waals surface area contributed by atoms with Crippen LogP contribution in [0.1, 0.15) is 39.0 Å². The number of methoxy groups -OCH3 is 1. The number of nitrogens with zero attached hydrogens (tertiary/aromatic N) is 1. The largest absolute Gasteiger partial charge is 0.383 e. The van der Waals surface area contributed by atoms with Crippen LogP contribution in [0.5, 0.6) is 0 Å². The van der Waals surface area contributed by atoms with Gasteiger partial charge in [0.2, 0.25) is 0 Å². The van der Waals surface area contributed by atoms with Crippen LogP contribution in [-0.4, -0.2) is 50.8 Å². The summed E-state index contributed by atoms with van der Waals surface area (Å²) >= 11 is 0. The van der Waals surface area contributed by atoms with E-state index in [1.807, 2.05) is 7.11 Å². The Morgan fingerprint density at radius 3 is 2.76 bits per heavy atom. The molecule has 1 aliphatic heterocycles. The van der Waals surface area contributed by atoms with Crippen LogP contribution in [0, 0.1) is 5.41 Å². The maximum atomic E-state index is 5.25. The fourth-order valence-electron chi connectivity index (χ4n) is 3.05. The molecule has 1 saturated carbocycles. The molecule has 2 fully saturated rings. The lowest BCUT2D eigenvalue weighted by Gasteiger charge is -2.41. The third-order valence-corrected chi connectivity index (χ3v) is 4.50. The average molecular weight is 240 g/mol. The Morgan fingerprint density at radius 1 is 1.41 bits per heavy atom. The maximum absolute atomic E-state index is 5.25. The van der Waals surface area contributed by atoms with E-state index in [9.17, 15) is 0 Å². The van der Waals surface area contributed by atoms with Crippen LogP contribution in [0.15, 0.2) is 0 Å². The minimum absolute atomic E-state index is 0.522. The number of ether oxygens (including phenoxy) is 1. The van der Waals surface area contributed by atoms with E-state index in [2.05, 4.69) is 17.1 Å². The molecule has 0 aromatic rings. The second-order valence-corrected chi connectivity index (χ2v) is 5.83. The van der Waals surface area contributed by atoms with E-state index in [1.54, 1.807) is 0 Å². The summed E-state index contributed by atoms with van der Waals surface area (Å²) in [6, 6.07) is 0.857. The predicted octanol–water partition coefficient (Wildman–Crippen LogP) is 1.88. The Balaban J connectivity index is 1.89. The van der Waals surface area contributed by atoms with Crippen molar-refractivity contribution in [1.82, 2.24) is 10.2 Å². The van der Waals surface area contributed by atoms with Gasteiger partial charge in [-0.2, -0.15) is 0 Å². The molecule has 1 atom stereocenters. The molecule has 1 N–H and O–H groups in total. The lowest BCUT2D eigenvalue weighted by molar-refractivity contribution is 0.0801. The molecule has 17 heavy (non-hydrogen) atoms. The molecule has 0 aromatic heterocycles. The van der Waals surface area contributed by atoms with Gasteiger partial charge in [0.15, 0.2) is 0 Å². The molecule has 0 radical (unpaired) electrons. The van der Waals surface area contributed by atoms with Gasteiger partial charge in [0.25, 0.3) is 0 Å². The van der Waals surface area contributed by atoms with Crippen LogP contribution < -0.4 is 5.32 Å². The van der Waals surface area contributed by atoms with Crippen molar-refractivity contribution < 1.29 is 4.74 Å². The summed E-state index contributed by atoms with van der Waals surface area (Å²) in [6.45, 7) is 8.04. The van der Waals surface area contributed by atoms with Gasteiger partial charge in [-0.05, 0) is 44.1 Å². The van der Waals surface area contributed by atoms with Gasteiger partial charge in [-0.15, -0.1) is 0 Å². The number of rotatable bonds is 7. The molecule has 3 nitrogen and oxygen atoms in total. The van der Waals surface area contributed by atoms with Crippen molar-refractivity contribution in [2.24, 2.45) is 5.41 Å². The van der Waals surface area contributed by atoms with Gasteiger partial charge in [-0.25, -0.2) is 0 Å². The molecule has 100 valence electrons. The molecular formula is C14H28N2O. The second-order valence-electron chi connectivity index (χ2n) is 5.83.